The van der Waals surface area contributed by atoms with E-state index in [0.717, 1.165) is 41.1 Å². The van der Waals surface area contributed by atoms with Gasteiger partial charge in [-0.1, -0.05) is 26.0 Å². The first-order chi connectivity index (χ1) is 22.6. The number of thioether (sulfide) groups is 1. The van der Waals surface area contributed by atoms with Crippen LogP contribution in [0.3, 0.4) is 0 Å². The number of rotatable bonds is 7. The summed E-state index contributed by atoms with van der Waals surface area (Å²) in [6.07, 6.45) is 6.94. The molecule has 5 atom stereocenters. The Morgan fingerprint density at radius 3 is 2.79 bits per heavy atom. The molecule has 2 fully saturated rings. The Morgan fingerprint density at radius 2 is 2.04 bits per heavy atom. The predicted octanol–water partition coefficient (Wildman–Crippen LogP) is 4.81. The molecule has 0 bridgehead atoms. The molecule has 6 rings (SSSR count). The van der Waals surface area contributed by atoms with E-state index in [4.69, 9.17) is 24.2 Å². The zero-order valence-electron chi connectivity index (χ0n) is 27.9. The third-order valence-electron chi connectivity index (χ3n) is 9.56. The summed E-state index contributed by atoms with van der Waals surface area (Å²) in [7, 11) is 3.39. The monoisotopic (exact) mass is 663 g/mol. The lowest BCUT2D eigenvalue weighted by molar-refractivity contribution is -0.149. The van der Waals surface area contributed by atoms with Crippen LogP contribution in [0.1, 0.15) is 58.6 Å². The van der Waals surface area contributed by atoms with Crippen LogP contribution in [0.15, 0.2) is 41.4 Å². The molecule has 1 aromatic heterocycles. The number of allylic oxidation sites excluding steroid dienone is 1. The highest BCUT2D eigenvalue weighted by atomic mass is 32.2. The summed E-state index contributed by atoms with van der Waals surface area (Å²) < 4.78 is 17.6. The van der Waals surface area contributed by atoms with E-state index in [9.17, 15) is 14.4 Å². The maximum Gasteiger partial charge on any atom is 0.332 e. The third-order valence-corrected chi connectivity index (χ3v) is 10.7. The molecule has 1 aliphatic carbocycles. The summed E-state index contributed by atoms with van der Waals surface area (Å²) in [5, 5.41) is 4.69. The molecule has 1 saturated heterocycles. The Morgan fingerprint density at radius 1 is 1.21 bits per heavy atom. The minimum Gasteiger partial charge on any atom is -0.497 e. The quantitative estimate of drug-likeness (QED) is 0.331. The molecule has 11 nitrogen and oxygen atoms in total. The van der Waals surface area contributed by atoms with Crippen LogP contribution in [-0.4, -0.2) is 101 Å². The van der Waals surface area contributed by atoms with Crippen molar-refractivity contribution >= 4 is 45.6 Å². The maximum atomic E-state index is 14.0. The van der Waals surface area contributed by atoms with Crippen molar-refractivity contribution < 1.29 is 28.6 Å². The maximum absolute atomic E-state index is 14.0. The Bertz CT molecular complexity index is 1600. The van der Waals surface area contributed by atoms with E-state index in [-0.39, 0.29) is 43.5 Å². The van der Waals surface area contributed by atoms with Gasteiger partial charge in [-0.15, -0.1) is 11.8 Å². The number of pyridine rings is 1. The molecule has 1 aromatic carbocycles. The van der Waals surface area contributed by atoms with E-state index in [1.54, 1.807) is 42.6 Å². The lowest BCUT2D eigenvalue weighted by Gasteiger charge is -2.30. The molecule has 252 valence electrons. The van der Waals surface area contributed by atoms with Gasteiger partial charge in [0.05, 0.1) is 37.5 Å². The van der Waals surface area contributed by atoms with E-state index < -0.39 is 23.7 Å². The van der Waals surface area contributed by atoms with Crippen molar-refractivity contribution in [2.24, 2.45) is 16.8 Å². The van der Waals surface area contributed by atoms with Crippen molar-refractivity contribution in [2.45, 2.75) is 76.6 Å². The Balaban J connectivity index is 1.31. The minimum absolute atomic E-state index is 0.140. The van der Waals surface area contributed by atoms with Crippen LogP contribution in [0.2, 0.25) is 0 Å². The van der Waals surface area contributed by atoms with Gasteiger partial charge in [0.1, 0.15) is 34.2 Å². The topological polar surface area (TPSA) is 123 Å². The van der Waals surface area contributed by atoms with Crippen molar-refractivity contribution in [1.29, 1.82) is 0 Å². The Hall–Kier alpha value is -3.80. The number of carbonyl (C=O) groups is 3. The van der Waals surface area contributed by atoms with Crippen LogP contribution in [-0.2, 0) is 14.3 Å². The summed E-state index contributed by atoms with van der Waals surface area (Å²) >= 11 is 1.69. The van der Waals surface area contributed by atoms with Crippen LogP contribution in [0, 0.1) is 11.8 Å². The third kappa shape index (κ3) is 6.79. The minimum atomic E-state index is -1.12. The van der Waals surface area contributed by atoms with Gasteiger partial charge in [-0.2, -0.15) is 0 Å². The number of nitrogens with zero attached hydrogens (tertiary/aromatic N) is 4. The zero-order chi connectivity index (χ0) is 33.3. The van der Waals surface area contributed by atoms with Crippen molar-refractivity contribution in [3.8, 4) is 11.5 Å². The van der Waals surface area contributed by atoms with Gasteiger partial charge in [-0.3, -0.25) is 9.79 Å². The first-order valence-electron chi connectivity index (χ1n) is 16.7. The number of fused-ring (bicyclic) bond motifs is 3. The molecule has 1 unspecified atom stereocenters. The molecule has 2 aromatic rings. The zero-order valence-corrected chi connectivity index (χ0v) is 28.7. The van der Waals surface area contributed by atoms with Gasteiger partial charge in [-0.25, -0.2) is 14.6 Å². The highest BCUT2D eigenvalue weighted by molar-refractivity contribution is 8.14. The number of amides is 3. The summed E-state index contributed by atoms with van der Waals surface area (Å²) in [6.45, 7) is 7.12. The number of methoxy groups -OCH3 is 1. The smallest absolute Gasteiger partial charge is 0.332 e. The molecule has 0 radical (unpaired) electrons. The highest BCUT2D eigenvalue weighted by Crippen LogP contribution is 2.46. The number of aliphatic imine (C=N–C) groups is 1. The molecule has 0 spiro atoms. The SMILES string of the molecule is CCOC(=O)[C@@]12C[C@H]1/C=C\CCCCN(C)C(=O)N1C[C@H](Oc3cc(C4=NC(C(C)C)CS4)nc4cc(OC)ccc34)C[C@H]1C(=O)N2. The van der Waals surface area contributed by atoms with Gasteiger partial charge >= 0.3 is 12.0 Å². The first kappa shape index (κ1) is 33.1. The summed E-state index contributed by atoms with van der Waals surface area (Å²) in [4.78, 5) is 54.1. The van der Waals surface area contributed by atoms with Crippen LogP contribution in [0.4, 0.5) is 4.79 Å². The lowest BCUT2D eigenvalue weighted by Crippen LogP contribution is -2.55. The second-order valence-electron chi connectivity index (χ2n) is 13.2. The van der Waals surface area contributed by atoms with Gasteiger partial charge in [0.25, 0.3) is 0 Å². The fraction of sp³-hybridized carbons (Fsp3) is 0.571. The first-order valence-corrected chi connectivity index (χ1v) is 17.7. The van der Waals surface area contributed by atoms with Gasteiger partial charge in [0.15, 0.2) is 0 Å². The average molecular weight is 664 g/mol. The van der Waals surface area contributed by atoms with Crippen molar-refractivity contribution in [3.05, 3.63) is 42.1 Å². The van der Waals surface area contributed by atoms with Gasteiger partial charge in [-0.05, 0) is 50.7 Å². The highest BCUT2D eigenvalue weighted by Gasteiger charge is 2.62. The number of aromatic nitrogens is 1. The van der Waals surface area contributed by atoms with E-state index in [0.29, 0.717) is 35.9 Å². The van der Waals surface area contributed by atoms with Crippen LogP contribution < -0.4 is 14.8 Å². The molecule has 4 heterocycles. The van der Waals surface area contributed by atoms with Crippen molar-refractivity contribution in [3.63, 3.8) is 0 Å². The molecule has 47 heavy (non-hydrogen) atoms. The van der Waals surface area contributed by atoms with Gasteiger partial charge in [0, 0.05) is 49.2 Å². The van der Waals surface area contributed by atoms with Gasteiger partial charge in [0.2, 0.25) is 5.91 Å². The predicted molar refractivity (Wildman–Crippen MR) is 182 cm³/mol. The summed E-state index contributed by atoms with van der Waals surface area (Å²) in [5.74, 6) is 1.66. The second-order valence-corrected chi connectivity index (χ2v) is 14.2. The van der Waals surface area contributed by atoms with Gasteiger partial charge < -0.3 is 29.3 Å². The fourth-order valence-electron chi connectivity index (χ4n) is 6.60. The molecular formula is C35H45N5O6S. The Labute approximate surface area is 280 Å². The van der Waals surface area contributed by atoms with Crippen molar-refractivity contribution in [1.82, 2.24) is 20.1 Å². The Kier molecular flexibility index (Phi) is 9.68. The summed E-state index contributed by atoms with van der Waals surface area (Å²) in [6, 6.07) is 6.75. The largest absolute Gasteiger partial charge is 0.497 e. The molecular weight excluding hydrogens is 618 g/mol. The van der Waals surface area contributed by atoms with E-state index in [1.165, 1.54) is 0 Å². The molecule has 3 aliphatic heterocycles. The fourth-order valence-corrected chi connectivity index (χ4v) is 7.85. The second kappa shape index (κ2) is 13.7. The number of hydrogen-bond donors (Lipinski definition) is 1. The number of benzene rings is 1. The van der Waals surface area contributed by atoms with Crippen molar-refractivity contribution in [2.75, 3.05) is 39.6 Å². The van der Waals surface area contributed by atoms with Crippen LogP contribution >= 0.6 is 11.8 Å². The number of ether oxygens (including phenoxy) is 3. The van der Waals surface area contributed by atoms with Crippen LogP contribution in [0.5, 0.6) is 11.5 Å². The number of nitrogens with one attached hydrogen (secondary N) is 1. The molecule has 1 N–H and O–H groups in total. The average Bonchev–Trinajstić information content (AvgIpc) is 3.36. The van der Waals surface area contributed by atoms with E-state index in [2.05, 4.69) is 25.2 Å². The number of urea groups is 1. The number of esters is 1. The van der Waals surface area contributed by atoms with Crippen LogP contribution in [0.25, 0.3) is 10.9 Å². The molecule has 12 heteroatoms. The number of carbonyl (C=O) groups excluding carboxylic acids is 3. The number of hydrogen-bond acceptors (Lipinski definition) is 9. The molecule has 3 amide bonds. The molecule has 1 saturated carbocycles. The lowest BCUT2D eigenvalue weighted by atomic mass is 10.1. The standard InChI is InChI=1S/C35H45N5O6S/c1-6-45-33(42)35-18-22(35)11-9-7-8-10-14-39(4)34(43)40-19-24(16-29(40)31(41)38-35)46-30-17-27(32-37-28(20-47-32)21(2)3)36-26-15-23(44-5)12-13-25(26)30/h9,11-13,15,17,21-22,24,28-29H,6-8,10,14,16,18-20H2,1-5H3,(H,38,41)/b11-9-/t22-,24-,28?,29+,35-/m1/s1. The van der Waals surface area contributed by atoms with E-state index in [1.807, 2.05) is 30.3 Å². The molecule has 4 aliphatic rings. The normalized spacial score (nSPS) is 28.7. The van der Waals surface area contributed by atoms with E-state index >= 15 is 0 Å². The summed E-state index contributed by atoms with van der Waals surface area (Å²) in [5.41, 5.74) is 0.321.